The van der Waals surface area contributed by atoms with E-state index in [2.05, 4.69) is 10.3 Å². The number of carbonyl (C=O) groups excluding carboxylic acids is 1. The number of aryl methyl sites for hydroxylation is 2. The molecular weight excluding hydrogens is 326 g/mol. The second-order valence-electron chi connectivity index (χ2n) is 5.71. The first kappa shape index (κ1) is 16.2. The second kappa shape index (κ2) is 6.45. The van der Waals surface area contributed by atoms with E-state index < -0.39 is 0 Å². The van der Waals surface area contributed by atoms with Crippen LogP contribution >= 0.6 is 11.6 Å². The first-order valence-corrected chi connectivity index (χ1v) is 7.83. The Balaban J connectivity index is 1.87. The number of rotatable bonds is 3. The maximum Gasteiger partial charge on any atom is 0.261 e. The Bertz CT molecular complexity index is 995. The molecule has 3 aromatic rings. The van der Waals surface area contributed by atoms with Crippen molar-refractivity contribution in [3.8, 4) is 0 Å². The topological polar surface area (TPSA) is 64.0 Å². The molecule has 0 spiro atoms. The number of nitrogens with zero attached hydrogens (tertiary/aromatic N) is 2. The minimum absolute atomic E-state index is 0.109. The van der Waals surface area contributed by atoms with E-state index in [1.54, 1.807) is 18.2 Å². The van der Waals surface area contributed by atoms with Gasteiger partial charge in [-0.15, -0.1) is 0 Å². The largest absolute Gasteiger partial charge is 0.324 e. The number of hydrogen-bond acceptors (Lipinski definition) is 3. The van der Waals surface area contributed by atoms with E-state index in [9.17, 15) is 9.59 Å². The minimum atomic E-state index is -0.293. The number of nitrogens with one attached hydrogen (secondary N) is 1. The fourth-order valence-corrected chi connectivity index (χ4v) is 2.63. The van der Waals surface area contributed by atoms with E-state index in [-0.39, 0.29) is 18.0 Å². The van der Waals surface area contributed by atoms with E-state index in [0.717, 1.165) is 16.8 Å². The lowest BCUT2D eigenvalue weighted by Crippen LogP contribution is -2.28. The zero-order chi connectivity index (χ0) is 17.3. The van der Waals surface area contributed by atoms with E-state index in [1.807, 2.05) is 32.0 Å². The monoisotopic (exact) mass is 341 g/mol. The van der Waals surface area contributed by atoms with Crippen LogP contribution in [0.4, 0.5) is 5.69 Å². The first-order valence-electron chi connectivity index (χ1n) is 7.46. The average Bonchev–Trinajstić information content (AvgIpc) is 2.54. The van der Waals surface area contributed by atoms with Gasteiger partial charge in [-0.1, -0.05) is 23.7 Å². The highest BCUT2D eigenvalue weighted by molar-refractivity contribution is 6.31. The molecule has 0 radical (unpaired) electrons. The molecule has 0 saturated heterocycles. The lowest BCUT2D eigenvalue weighted by Gasteiger charge is -2.11. The van der Waals surface area contributed by atoms with Crippen LogP contribution < -0.4 is 10.9 Å². The quantitative estimate of drug-likeness (QED) is 0.795. The molecule has 6 heteroatoms. The maximum atomic E-state index is 12.5. The predicted molar refractivity (Wildman–Crippen MR) is 95.6 cm³/mol. The molecule has 0 atom stereocenters. The maximum absolute atomic E-state index is 12.5. The van der Waals surface area contributed by atoms with Crippen molar-refractivity contribution in [2.75, 3.05) is 5.32 Å². The molecular formula is C18H16ClN3O2. The summed E-state index contributed by atoms with van der Waals surface area (Å²) in [5.41, 5.74) is 3.01. The van der Waals surface area contributed by atoms with Gasteiger partial charge in [0.15, 0.2) is 0 Å². The second-order valence-corrected chi connectivity index (χ2v) is 6.14. The van der Waals surface area contributed by atoms with Gasteiger partial charge in [-0.3, -0.25) is 14.2 Å². The summed E-state index contributed by atoms with van der Waals surface area (Å²) in [5.74, 6) is -0.283. The molecule has 0 fully saturated rings. The molecule has 24 heavy (non-hydrogen) atoms. The van der Waals surface area contributed by atoms with Crippen molar-refractivity contribution in [2.24, 2.45) is 0 Å². The number of fused-ring (bicyclic) bond motifs is 1. The molecule has 0 saturated carbocycles. The van der Waals surface area contributed by atoms with Gasteiger partial charge in [0.25, 0.3) is 5.56 Å². The fraction of sp³-hybridized carbons (Fsp3) is 0.167. The fourth-order valence-electron chi connectivity index (χ4n) is 2.46. The number of anilines is 1. The third-order valence-corrected chi connectivity index (χ3v) is 4.00. The van der Waals surface area contributed by atoms with E-state index in [0.29, 0.717) is 15.9 Å². The Hall–Kier alpha value is -2.66. The Morgan fingerprint density at radius 2 is 2.00 bits per heavy atom. The van der Waals surface area contributed by atoms with Crippen LogP contribution in [0.5, 0.6) is 0 Å². The number of amides is 1. The summed E-state index contributed by atoms with van der Waals surface area (Å²) in [6, 6.07) is 10.7. The number of benzene rings is 2. The van der Waals surface area contributed by atoms with Crippen LogP contribution in [-0.4, -0.2) is 15.5 Å². The lowest BCUT2D eigenvalue weighted by molar-refractivity contribution is -0.116. The van der Waals surface area contributed by atoms with Crippen LogP contribution in [0.25, 0.3) is 10.9 Å². The number of aromatic nitrogens is 2. The van der Waals surface area contributed by atoms with Crippen LogP contribution in [0.2, 0.25) is 5.02 Å². The standard InChI is InChI=1S/C18H16ClN3O2/c1-11-3-4-12(2)16(7-11)21-17(23)9-22-10-20-15-6-5-13(19)8-14(15)18(22)24/h3-8,10H,9H2,1-2H3,(H,21,23). The zero-order valence-corrected chi connectivity index (χ0v) is 14.1. The van der Waals surface area contributed by atoms with E-state index >= 15 is 0 Å². The Kier molecular flexibility index (Phi) is 4.36. The molecule has 1 N–H and O–H groups in total. The van der Waals surface area contributed by atoms with Crippen LogP contribution in [0.3, 0.4) is 0 Å². The van der Waals surface area contributed by atoms with Crippen molar-refractivity contribution >= 4 is 34.1 Å². The molecule has 122 valence electrons. The molecule has 3 rings (SSSR count). The average molecular weight is 342 g/mol. The van der Waals surface area contributed by atoms with Crippen LogP contribution in [0.15, 0.2) is 47.5 Å². The summed E-state index contributed by atoms with van der Waals surface area (Å²) in [5, 5.41) is 3.68. The molecule has 1 amide bonds. The van der Waals surface area contributed by atoms with E-state index in [4.69, 9.17) is 11.6 Å². The van der Waals surface area contributed by atoms with Crippen LogP contribution in [-0.2, 0) is 11.3 Å². The molecule has 0 unspecified atom stereocenters. The van der Waals surface area contributed by atoms with Crippen molar-refractivity contribution in [1.82, 2.24) is 9.55 Å². The summed E-state index contributed by atoms with van der Waals surface area (Å²) in [7, 11) is 0. The van der Waals surface area contributed by atoms with Gasteiger partial charge in [0.05, 0.1) is 17.2 Å². The van der Waals surface area contributed by atoms with E-state index in [1.165, 1.54) is 10.9 Å². The molecule has 1 heterocycles. The molecule has 1 aromatic heterocycles. The van der Waals surface area contributed by atoms with Gasteiger partial charge in [-0.05, 0) is 49.2 Å². The van der Waals surface area contributed by atoms with Crippen molar-refractivity contribution < 1.29 is 4.79 Å². The highest BCUT2D eigenvalue weighted by Gasteiger charge is 2.10. The zero-order valence-electron chi connectivity index (χ0n) is 13.3. The normalized spacial score (nSPS) is 10.8. The smallest absolute Gasteiger partial charge is 0.261 e. The van der Waals surface area contributed by atoms with Crippen molar-refractivity contribution in [3.63, 3.8) is 0 Å². The SMILES string of the molecule is Cc1ccc(C)c(NC(=O)Cn2cnc3ccc(Cl)cc3c2=O)c1. The lowest BCUT2D eigenvalue weighted by atomic mass is 10.1. The molecule has 0 aliphatic rings. The summed E-state index contributed by atoms with van der Waals surface area (Å²) in [6.45, 7) is 3.76. The van der Waals surface area contributed by atoms with Crippen molar-refractivity contribution in [2.45, 2.75) is 20.4 Å². The van der Waals surface area contributed by atoms with Gasteiger partial charge >= 0.3 is 0 Å². The molecule has 5 nitrogen and oxygen atoms in total. The Morgan fingerprint density at radius 1 is 1.21 bits per heavy atom. The highest BCUT2D eigenvalue weighted by atomic mass is 35.5. The van der Waals surface area contributed by atoms with Crippen LogP contribution in [0.1, 0.15) is 11.1 Å². The molecule has 0 aliphatic carbocycles. The van der Waals surface area contributed by atoms with Gasteiger partial charge < -0.3 is 5.32 Å². The van der Waals surface area contributed by atoms with Gasteiger partial charge in [0.1, 0.15) is 6.54 Å². The third-order valence-electron chi connectivity index (χ3n) is 3.77. The summed E-state index contributed by atoms with van der Waals surface area (Å²) < 4.78 is 1.28. The molecule has 2 aromatic carbocycles. The van der Waals surface area contributed by atoms with Gasteiger partial charge in [-0.2, -0.15) is 0 Å². The van der Waals surface area contributed by atoms with Crippen molar-refractivity contribution in [3.05, 3.63) is 69.2 Å². The summed E-state index contributed by atoms with van der Waals surface area (Å²) >= 11 is 5.93. The van der Waals surface area contributed by atoms with Gasteiger partial charge in [0.2, 0.25) is 5.91 Å². The number of carbonyl (C=O) groups is 1. The summed E-state index contributed by atoms with van der Waals surface area (Å²) in [4.78, 5) is 28.9. The predicted octanol–water partition coefficient (Wildman–Crippen LogP) is 3.31. The van der Waals surface area contributed by atoms with Gasteiger partial charge in [0, 0.05) is 10.7 Å². The first-order chi connectivity index (χ1) is 11.4. The third kappa shape index (κ3) is 3.31. The van der Waals surface area contributed by atoms with Crippen molar-refractivity contribution in [1.29, 1.82) is 0 Å². The number of halogens is 1. The Labute approximate surface area is 143 Å². The molecule has 0 bridgehead atoms. The number of hydrogen-bond donors (Lipinski definition) is 1. The molecule has 0 aliphatic heterocycles. The van der Waals surface area contributed by atoms with Gasteiger partial charge in [-0.25, -0.2) is 4.98 Å². The highest BCUT2D eigenvalue weighted by Crippen LogP contribution is 2.17. The summed E-state index contributed by atoms with van der Waals surface area (Å²) in [6.07, 6.45) is 1.38. The van der Waals surface area contributed by atoms with Crippen LogP contribution in [0, 0.1) is 13.8 Å². The Morgan fingerprint density at radius 3 is 2.79 bits per heavy atom. The minimum Gasteiger partial charge on any atom is -0.324 e.